The first-order valence-corrected chi connectivity index (χ1v) is 13.9. The first kappa shape index (κ1) is 22.2. The van der Waals surface area contributed by atoms with Crippen molar-refractivity contribution in [2.45, 2.75) is 0 Å². The SMILES string of the molecule is c1ccc(-c2cnc3c(c2)cc(-c2ccc(-c4cccc5c4sc4ccccc45)cc2)c2cccnc23)cc1. The molecule has 0 saturated carbocycles. The van der Waals surface area contributed by atoms with Crippen molar-refractivity contribution >= 4 is 53.3 Å². The maximum Gasteiger partial charge on any atom is 0.0970 e. The van der Waals surface area contributed by atoms with Crippen LogP contribution in [0.5, 0.6) is 0 Å². The number of benzene rings is 5. The summed E-state index contributed by atoms with van der Waals surface area (Å²) in [6.07, 6.45) is 3.81. The Balaban J connectivity index is 1.28. The highest BCUT2D eigenvalue weighted by molar-refractivity contribution is 7.26. The van der Waals surface area contributed by atoms with Gasteiger partial charge in [0.05, 0.1) is 11.0 Å². The summed E-state index contributed by atoms with van der Waals surface area (Å²) >= 11 is 1.87. The summed E-state index contributed by atoms with van der Waals surface area (Å²) in [5.41, 5.74) is 8.99. The normalized spacial score (nSPS) is 11.6. The lowest BCUT2D eigenvalue weighted by atomic mass is 9.94. The lowest BCUT2D eigenvalue weighted by Crippen LogP contribution is -1.90. The third-order valence-electron chi connectivity index (χ3n) is 7.56. The van der Waals surface area contributed by atoms with Gasteiger partial charge in [0.2, 0.25) is 0 Å². The molecule has 0 N–H and O–H groups in total. The average molecular weight is 515 g/mol. The number of pyridine rings is 2. The Morgan fingerprint density at radius 1 is 0.462 bits per heavy atom. The fourth-order valence-electron chi connectivity index (χ4n) is 5.67. The molecule has 2 nitrogen and oxygen atoms in total. The molecule has 0 fully saturated rings. The molecule has 3 heterocycles. The van der Waals surface area contributed by atoms with Crippen LogP contribution < -0.4 is 0 Å². The minimum Gasteiger partial charge on any atom is -0.254 e. The summed E-state index contributed by atoms with van der Waals surface area (Å²) in [5, 5.41) is 4.86. The van der Waals surface area contributed by atoms with Crippen LogP contribution in [0.15, 0.2) is 134 Å². The van der Waals surface area contributed by atoms with Crippen LogP contribution in [0.4, 0.5) is 0 Å². The quantitative estimate of drug-likeness (QED) is 0.219. The van der Waals surface area contributed by atoms with Crippen molar-refractivity contribution < 1.29 is 0 Å². The van der Waals surface area contributed by atoms with E-state index in [0.717, 1.165) is 32.9 Å². The monoisotopic (exact) mass is 514 g/mol. The molecule has 0 amide bonds. The van der Waals surface area contributed by atoms with E-state index in [2.05, 4.69) is 109 Å². The molecule has 5 aromatic carbocycles. The van der Waals surface area contributed by atoms with Gasteiger partial charge in [0.25, 0.3) is 0 Å². The molecule has 0 atom stereocenters. The second-order valence-electron chi connectivity index (χ2n) is 9.84. The zero-order valence-electron chi connectivity index (χ0n) is 21.0. The molecule has 0 unspecified atom stereocenters. The van der Waals surface area contributed by atoms with Gasteiger partial charge in [-0.05, 0) is 52.1 Å². The topological polar surface area (TPSA) is 25.8 Å². The maximum absolute atomic E-state index is 4.86. The predicted molar refractivity (Wildman–Crippen MR) is 166 cm³/mol. The summed E-state index contributed by atoms with van der Waals surface area (Å²) in [5.74, 6) is 0. The van der Waals surface area contributed by atoms with Gasteiger partial charge in [-0.25, -0.2) is 0 Å². The first-order valence-electron chi connectivity index (χ1n) is 13.1. The Kier molecular flexibility index (Phi) is 5.04. The fourth-order valence-corrected chi connectivity index (χ4v) is 6.90. The van der Waals surface area contributed by atoms with Crippen LogP contribution in [0, 0.1) is 0 Å². The average Bonchev–Trinajstić information content (AvgIpc) is 3.40. The maximum atomic E-state index is 4.86. The second-order valence-corrected chi connectivity index (χ2v) is 10.9. The molecule has 0 radical (unpaired) electrons. The zero-order valence-corrected chi connectivity index (χ0v) is 21.8. The highest BCUT2D eigenvalue weighted by Crippen LogP contribution is 2.41. The molecule has 0 bridgehead atoms. The van der Waals surface area contributed by atoms with Gasteiger partial charge in [-0.1, -0.05) is 97.1 Å². The summed E-state index contributed by atoms with van der Waals surface area (Å²) in [4.78, 5) is 9.62. The minimum absolute atomic E-state index is 0.932. The summed E-state index contributed by atoms with van der Waals surface area (Å²) in [6.45, 7) is 0. The van der Waals surface area contributed by atoms with Gasteiger partial charge in [0.15, 0.2) is 0 Å². The Hall–Kier alpha value is -4.86. The lowest BCUT2D eigenvalue weighted by Gasteiger charge is -2.12. The van der Waals surface area contributed by atoms with Crippen LogP contribution in [-0.2, 0) is 0 Å². The van der Waals surface area contributed by atoms with Gasteiger partial charge in [-0.2, -0.15) is 0 Å². The molecule has 0 aliphatic rings. The summed E-state index contributed by atoms with van der Waals surface area (Å²) in [6, 6.07) is 43.4. The van der Waals surface area contributed by atoms with Crippen molar-refractivity contribution in [1.29, 1.82) is 0 Å². The van der Waals surface area contributed by atoms with Crippen molar-refractivity contribution in [3.63, 3.8) is 0 Å². The largest absolute Gasteiger partial charge is 0.254 e. The Morgan fingerprint density at radius 3 is 2.08 bits per heavy atom. The van der Waals surface area contributed by atoms with Crippen LogP contribution in [0.3, 0.4) is 0 Å². The molecular formula is C36H22N2S. The summed E-state index contributed by atoms with van der Waals surface area (Å²) in [7, 11) is 0. The van der Waals surface area contributed by atoms with Crippen LogP contribution in [0.2, 0.25) is 0 Å². The van der Waals surface area contributed by atoms with Gasteiger partial charge in [-0.15, -0.1) is 11.3 Å². The molecule has 0 aliphatic heterocycles. The molecular weight excluding hydrogens is 492 g/mol. The number of hydrogen-bond donors (Lipinski definition) is 0. The number of aromatic nitrogens is 2. The molecule has 0 aliphatic carbocycles. The van der Waals surface area contributed by atoms with Crippen LogP contribution in [0.1, 0.15) is 0 Å². The first-order chi connectivity index (χ1) is 19.3. The van der Waals surface area contributed by atoms with Crippen molar-refractivity contribution in [1.82, 2.24) is 9.97 Å². The van der Waals surface area contributed by atoms with Crippen molar-refractivity contribution in [3.05, 3.63) is 134 Å². The number of hydrogen-bond acceptors (Lipinski definition) is 3. The second kappa shape index (κ2) is 8.87. The van der Waals surface area contributed by atoms with Crippen LogP contribution >= 0.6 is 11.3 Å². The molecule has 3 aromatic heterocycles. The van der Waals surface area contributed by atoms with Crippen molar-refractivity contribution in [3.8, 4) is 33.4 Å². The summed E-state index contributed by atoms with van der Waals surface area (Å²) < 4.78 is 2.67. The van der Waals surface area contributed by atoms with Gasteiger partial charge < -0.3 is 0 Å². The molecule has 8 rings (SSSR count). The molecule has 0 saturated heterocycles. The van der Waals surface area contributed by atoms with E-state index in [1.807, 2.05) is 35.9 Å². The highest BCUT2D eigenvalue weighted by atomic mass is 32.1. The zero-order chi connectivity index (χ0) is 25.8. The van der Waals surface area contributed by atoms with E-state index < -0.39 is 0 Å². The number of fused-ring (bicyclic) bond motifs is 6. The van der Waals surface area contributed by atoms with Crippen molar-refractivity contribution in [2.24, 2.45) is 0 Å². The molecule has 0 spiro atoms. The lowest BCUT2D eigenvalue weighted by molar-refractivity contribution is 1.37. The van der Waals surface area contributed by atoms with Crippen LogP contribution in [0.25, 0.3) is 75.4 Å². The predicted octanol–water partition coefficient (Wildman–Crippen LogP) is 10.2. The van der Waals surface area contributed by atoms with E-state index in [1.165, 1.54) is 42.4 Å². The van der Waals surface area contributed by atoms with E-state index in [4.69, 9.17) is 9.97 Å². The number of nitrogens with zero attached hydrogens (tertiary/aromatic N) is 2. The standard InChI is InChI=1S/C36H22N2S/c1-2-8-23(9-3-1)27-20-26-21-32(30-13-7-19-37-35(30)34(26)38-22-27)25-17-15-24(16-18-25)28-11-6-12-31-29-10-4-5-14-33(29)39-36(28)31/h1-22H. The Bertz CT molecular complexity index is 2160. The molecule has 3 heteroatoms. The molecule has 39 heavy (non-hydrogen) atoms. The fraction of sp³-hybridized carbons (Fsp3) is 0. The number of thiophene rings is 1. The van der Waals surface area contributed by atoms with Gasteiger partial charge in [0, 0.05) is 48.9 Å². The third-order valence-corrected chi connectivity index (χ3v) is 8.78. The highest BCUT2D eigenvalue weighted by Gasteiger charge is 2.13. The van der Waals surface area contributed by atoms with Gasteiger partial charge in [-0.3, -0.25) is 9.97 Å². The van der Waals surface area contributed by atoms with E-state index in [-0.39, 0.29) is 0 Å². The third kappa shape index (κ3) is 3.63. The Morgan fingerprint density at radius 2 is 1.21 bits per heavy atom. The Labute approximate surface area is 229 Å². The number of rotatable bonds is 3. The van der Waals surface area contributed by atoms with Crippen molar-refractivity contribution in [2.75, 3.05) is 0 Å². The molecule has 8 aromatic rings. The molecule has 182 valence electrons. The van der Waals surface area contributed by atoms with Gasteiger partial charge in [0.1, 0.15) is 0 Å². The smallest absolute Gasteiger partial charge is 0.0970 e. The van der Waals surface area contributed by atoms with E-state index in [0.29, 0.717) is 0 Å². The van der Waals surface area contributed by atoms with Crippen LogP contribution in [-0.4, -0.2) is 9.97 Å². The van der Waals surface area contributed by atoms with E-state index in [1.54, 1.807) is 0 Å². The van der Waals surface area contributed by atoms with Gasteiger partial charge >= 0.3 is 0 Å². The van der Waals surface area contributed by atoms with E-state index >= 15 is 0 Å². The minimum atomic E-state index is 0.932. The van der Waals surface area contributed by atoms with E-state index in [9.17, 15) is 0 Å².